The quantitative estimate of drug-likeness (QED) is 0.647. The fourth-order valence-electron chi connectivity index (χ4n) is 2.44. The maximum atomic E-state index is 4.04. The predicted molar refractivity (Wildman–Crippen MR) is 81.4 cm³/mol. The Bertz CT molecular complexity index is 541. The van der Waals surface area contributed by atoms with Crippen LogP contribution in [0.4, 0.5) is 0 Å². The van der Waals surface area contributed by atoms with Gasteiger partial charge in [0.25, 0.3) is 0 Å². The van der Waals surface area contributed by atoms with E-state index in [1.54, 1.807) is 0 Å². The SMILES string of the molecule is C=C(C)c1ccc(C)c(C2=C(C)C(C)CC=C2)c1. The van der Waals surface area contributed by atoms with Crippen LogP contribution in [0.15, 0.2) is 42.5 Å². The Morgan fingerprint density at radius 1 is 1.28 bits per heavy atom. The maximum absolute atomic E-state index is 4.04. The van der Waals surface area contributed by atoms with Crippen molar-refractivity contribution in [3.05, 3.63) is 59.2 Å². The van der Waals surface area contributed by atoms with Crippen molar-refractivity contribution in [2.24, 2.45) is 5.92 Å². The second kappa shape index (κ2) is 4.97. The summed E-state index contributed by atoms with van der Waals surface area (Å²) in [5.74, 6) is 0.651. The Balaban J connectivity index is 2.57. The summed E-state index contributed by atoms with van der Waals surface area (Å²) in [6, 6.07) is 6.64. The first-order valence-electron chi connectivity index (χ1n) is 6.65. The van der Waals surface area contributed by atoms with E-state index in [-0.39, 0.29) is 0 Å². The molecule has 0 amide bonds. The molecule has 0 aromatic heterocycles. The number of allylic oxidation sites excluding steroid dienone is 5. The molecule has 18 heavy (non-hydrogen) atoms. The molecule has 0 aliphatic heterocycles. The second-order valence-electron chi connectivity index (χ2n) is 5.45. The smallest absolute Gasteiger partial charge is 0.0149 e. The molecule has 1 unspecified atom stereocenters. The van der Waals surface area contributed by atoms with Crippen molar-refractivity contribution in [3.8, 4) is 0 Å². The lowest BCUT2D eigenvalue weighted by molar-refractivity contribution is 0.690. The average Bonchev–Trinajstić information content (AvgIpc) is 2.33. The standard InChI is InChI=1S/C18H22/c1-12(2)16-10-9-14(4)18(11-16)17-8-6-7-13(3)15(17)5/h6,8-11,13H,1,7H2,2-5H3. The van der Waals surface area contributed by atoms with Gasteiger partial charge in [-0.2, -0.15) is 0 Å². The van der Waals surface area contributed by atoms with Gasteiger partial charge in [0, 0.05) is 0 Å². The lowest BCUT2D eigenvalue weighted by Crippen LogP contribution is -2.03. The molecular weight excluding hydrogens is 216 g/mol. The monoisotopic (exact) mass is 238 g/mol. The second-order valence-corrected chi connectivity index (χ2v) is 5.45. The van der Waals surface area contributed by atoms with Gasteiger partial charge in [0.05, 0.1) is 0 Å². The summed E-state index contributed by atoms with van der Waals surface area (Å²) in [5.41, 5.74) is 7.96. The van der Waals surface area contributed by atoms with E-state index in [2.05, 4.69) is 64.6 Å². The highest BCUT2D eigenvalue weighted by Gasteiger charge is 2.14. The highest BCUT2D eigenvalue weighted by atomic mass is 14.2. The van der Waals surface area contributed by atoms with E-state index in [9.17, 15) is 0 Å². The zero-order chi connectivity index (χ0) is 13.3. The van der Waals surface area contributed by atoms with Gasteiger partial charge in [0.15, 0.2) is 0 Å². The van der Waals surface area contributed by atoms with E-state index in [1.807, 2.05) is 0 Å². The molecule has 0 saturated heterocycles. The molecule has 1 aliphatic carbocycles. The summed E-state index contributed by atoms with van der Waals surface area (Å²) in [4.78, 5) is 0. The third-order valence-corrected chi connectivity index (χ3v) is 3.96. The zero-order valence-electron chi connectivity index (χ0n) is 11.9. The predicted octanol–water partition coefficient (Wildman–Crippen LogP) is 5.40. The van der Waals surface area contributed by atoms with Crippen LogP contribution >= 0.6 is 0 Å². The van der Waals surface area contributed by atoms with Crippen LogP contribution in [0.2, 0.25) is 0 Å². The Morgan fingerprint density at radius 3 is 2.67 bits per heavy atom. The van der Waals surface area contributed by atoms with Gasteiger partial charge in [0.1, 0.15) is 0 Å². The van der Waals surface area contributed by atoms with Crippen LogP contribution in [0.1, 0.15) is 43.9 Å². The number of hydrogen-bond donors (Lipinski definition) is 0. The Morgan fingerprint density at radius 2 is 2.00 bits per heavy atom. The summed E-state index contributed by atoms with van der Waals surface area (Å²) >= 11 is 0. The summed E-state index contributed by atoms with van der Waals surface area (Å²) in [7, 11) is 0. The third-order valence-electron chi connectivity index (χ3n) is 3.96. The van der Waals surface area contributed by atoms with Crippen molar-refractivity contribution in [2.75, 3.05) is 0 Å². The van der Waals surface area contributed by atoms with Gasteiger partial charge in [0.2, 0.25) is 0 Å². The van der Waals surface area contributed by atoms with Crippen molar-refractivity contribution in [1.29, 1.82) is 0 Å². The van der Waals surface area contributed by atoms with Crippen LogP contribution in [0, 0.1) is 12.8 Å². The number of aryl methyl sites for hydroxylation is 1. The number of rotatable bonds is 2. The molecule has 0 fully saturated rings. The Hall–Kier alpha value is -1.56. The molecule has 1 atom stereocenters. The molecule has 2 rings (SSSR count). The van der Waals surface area contributed by atoms with E-state index in [4.69, 9.17) is 0 Å². The van der Waals surface area contributed by atoms with Crippen molar-refractivity contribution < 1.29 is 0 Å². The minimum atomic E-state index is 0.651. The molecule has 1 aromatic rings. The first-order valence-corrected chi connectivity index (χ1v) is 6.65. The normalized spacial score (nSPS) is 19.2. The fraction of sp³-hybridized carbons (Fsp3) is 0.333. The molecule has 1 aliphatic rings. The van der Waals surface area contributed by atoms with Gasteiger partial charge < -0.3 is 0 Å². The number of benzene rings is 1. The lowest BCUT2D eigenvalue weighted by Gasteiger charge is -2.21. The Kier molecular flexibility index (Phi) is 3.56. The topological polar surface area (TPSA) is 0 Å². The van der Waals surface area contributed by atoms with Gasteiger partial charge in [-0.05, 0) is 61.4 Å². The molecule has 0 heteroatoms. The summed E-state index contributed by atoms with van der Waals surface area (Å²) in [5, 5.41) is 0. The largest absolute Gasteiger partial charge is 0.0955 e. The Labute approximate surface area is 111 Å². The summed E-state index contributed by atoms with van der Waals surface area (Å²) < 4.78 is 0. The van der Waals surface area contributed by atoms with Crippen LogP contribution in [-0.4, -0.2) is 0 Å². The van der Waals surface area contributed by atoms with Crippen molar-refractivity contribution in [3.63, 3.8) is 0 Å². The van der Waals surface area contributed by atoms with E-state index >= 15 is 0 Å². The van der Waals surface area contributed by atoms with Gasteiger partial charge in [-0.25, -0.2) is 0 Å². The molecule has 0 saturated carbocycles. The average molecular weight is 238 g/mol. The zero-order valence-corrected chi connectivity index (χ0v) is 11.9. The molecule has 0 heterocycles. The van der Waals surface area contributed by atoms with E-state index in [1.165, 1.54) is 27.8 Å². The third kappa shape index (κ3) is 2.33. The lowest BCUT2D eigenvalue weighted by atomic mass is 9.84. The minimum Gasteiger partial charge on any atom is -0.0955 e. The first kappa shape index (κ1) is 12.9. The van der Waals surface area contributed by atoms with Crippen LogP contribution in [-0.2, 0) is 0 Å². The molecule has 94 valence electrons. The maximum Gasteiger partial charge on any atom is -0.0149 e. The van der Waals surface area contributed by atoms with Crippen molar-refractivity contribution in [1.82, 2.24) is 0 Å². The summed E-state index contributed by atoms with van der Waals surface area (Å²) in [6.07, 6.45) is 5.73. The number of hydrogen-bond acceptors (Lipinski definition) is 0. The van der Waals surface area contributed by atoms with Gasteiger partial charge in [-0.15, -0.1) is 0 Å². The molecule has 0 N–H and O–H groups in total. The van der Waals surface area contributed by atoms with Crippen LogP contribution in [0.3, 0.4) is 0 Å². The van der Waals surface area contributed by atoms with Crippen LogP contribution < -0.4 is 0 Å². The van der Waals surface area contributed by atoms with E-state index < -0.39 is 0 Å². The van der Waals surface area contributed by atoms with Crippen LogP contribution in [0.25, 0.3) is 11.1 Å². The van der Waals surface area contributed by atoms with Gasteiger partial charge >= 0.3 is 0 Å². The molecule has 0 radical (unpaired) electrons. The molecule has 1 aromatic carbocycles. The summed E-state index contributed by atoms with van der Waals surface area (Å²) in [6.45, 7) is 12.9. The molecular formula is C18H22. The molecule has 0 nitrogen and oxygen atoms in total. The first-order chi connectivity index (χ1) is 8.50. The minimum absolute atomic E-state index is 0.651. The van der Waals surface area contributed by atoms with Gasteiger partial charge in [-0.1, -0.05) is 48.9 Å². The fourth-order valence-corrected chi connectivity index (χ4v) is 2.44. The molecule has 0 bridgehead atoms. The highest BCUT2D eigenvalue weighted by Crippen LogP contribution is 2.33. The van der Waals surface area contributed by atoms with Crippen molar-refractivity contribution >= 4 is 11.1 Å². The van der Waals surface area contributed by atoms with E-state index in [0.29, 0.717) is 5.92 Å². The van der Waals surface area contributed by atoms with Crippen molar-refractivity contribution in [2.45, 2.75) is 34.1 Å². The van der Waals surface area contributed by atoms with Crippen LogP contribution in [0.5, 0.6) is 0 Å². The van der Waals surface area contributed by atoms with E-state index in [0.717, 1.165) is 12.0 Å². The molecule has 0 spiro atoms. The highest BCUT2D eigenvalue weighted by molar-refractivity contribution is 5.81. The van der Waals surface area contributed by atoms with Gasteiger partial charge in [-0.3, -0.25) is 0 Å².